The van der Waals surface area contributed by atoms with Gasteiger partial charge in [0.25, 0.3) is 0 Å². The van der Waals surface area contributed by atoms with Crippen LogP contribution in [-0.2, 0) is 9.59 Å². The summed E-state index contributed by atoms with van der Waals surface area (Å²) < 4.78 is 10.5. The second kappa shape index (κ2) is 6.95. The summed E-state index contributed by atoms with van der Waals surface area (Å²) in [5.74, 6) is 0.0329. The van der Waals surface area contributed by atoms with E-state index in [2.05, 4.69) is 10.2 Å². The maximum atomic E-state index is 12.4. The molecule has 1 fully saturated rings. The van der Waals surface area contributed by atoms with Crippen molar-refractivity contribution in [3.8, 4) is 11.5 Å². The summed E-state index contributed by atoms with van der Waals surface area (Å²) >= 11 is 0. The monoisotopic (exact) mass is 353 g/mol. The van der Waals surface area contributed by atoms with E-state index in [1.165, 1.54) is 0 Å². The van der Waals surface area contributed by atoms with Crippen molar-refractivity contribution in [3.05, 3.63) is 48.5 Å². The lowest BCUT2D eigenvalue weighted by atomic mass is 10.2. The fourth-order valence-corrected chi connectivity index (χ4v) is 3.11. The van der Waals surface area contributed by atoms with Crippen molar-refractivity contribution in [3.63, 3.8) is 0 Å². The summed E-state index contributed by atoms with van der Waals surface area (Å²) in [6, 6.07) is 15.1. The first-order valence-corrected chi connectivity index (χ1v) is 8.50. The Morgan fingerprint density at radius 1 is 0.885 bits per heavy atom. The van der Waals surface area contributed by atoms with Gasteiger partial charge in [-0.05, 0) is 24.3 Å². The molecule has 2 aliphatic rings. The molecule has 1 saturated heterocycles. The largest absolute Gasteiger partial charge is 0.454 e. The zero-order valence-corrected chi connectivity index (χ0v) is 14.2. The molecule has 0 bridgehead atoms. The van der Waals surface area contributed by atoms with Gasteiger partial charge in [-0.1, -0.05) is 18.2 Å². The summed E-state index contributed by atoms with van der Waals surface area (Å²) in [4.78, 5) is 28.5. The average Bonchev–Trinajstić information content (AvgIpc) is 3.16. The number of nitrogens with zero attached hydrogens (tertiary/aromatic N) is 2. The number of benzene rings is 2. The van der Waals surface area contributed by atoms with E-state index in [-0.39, 0.29) is 6.79 Å². The van der Waals surface area contributed by atoms with E-state index in [1.807, 2.05) is 30.3 Å². The molecular weight excluding hydrogens is 334 g/mol. The number of carbonyl (C=O) groups excluding carboxylic acids is 2. The number of hydrogen-bond acceptors (Lipinski definition) is 5. The summed E-state index contributed by atoms with van der Waals surface area (Å²) in [5, 5.41) is 2.63. The van der Waals surface area contributed by atoms with E-state index in [1.54, 1.807) is 23.1 Å². The predicted molar refractivity (Wildman–Crippen MR) is 96.4 cm³/mol. The molecule has 2 aromatic rings. The van der Waals surface area contributed by atoms with Gasteiger partial charge in [0.1, 0.15) is 0 Å². The van der Waals surface area contributed by atoms with Crippen LogP contribution in [0.3, 0.4) is 0 Å². The molecule has 0 unspecified atom stereocenters. The maximum Gasteiger partial charge on any atom is 0.313 e. The molecule has 134 valence electrons. The molecule has 2 aliphatic heterocycles. The lowest BCUT2D eigenvalue weighted by Crippen LogP contribution is -2.51. The second-order valence-electron chi connectivity index (χ2n) is 6.14. The lowest BCUT2D eigenvalue weighted by Gasteiger charge is -2.35. The van der Waals surface area contributed by atoms with Crippen LogP contribution < -0.4 is 19.7 Å². The third-order valence-corrected chi connectivity index (χ3v) is 4.51. The minimum Gasteiger partial charge on any atom is -0.454 e. The molecular formula is C19H19N3O4. The predicted octanol–water partition coefficient (Wildman–Crippen LogP) is 1.70. The zero-order chi connectivity index (χ0) is 17.9. The number of fused-ring (bicyclic) bond motifs is 1. The van der Waals surface area contributed by atoms with Crippen LogP contribution in [0.5, 0.6) is 11.5 Å². The Hall–Kier alpha value is -3.22. The smallest absolute Gasteiger partial charge is 0.313 e. The molecule has 0 saturated carbocycles. The van der Waals surface area contributed by atoms with Crippen molar-refractivity contribution in [1.82, 2.24) is 4.90 Å². The number of nitrogens with one attached hydrogen (secondary N) is 1. The topological polar surface area (TPSA) is 71.1 Å². The molecule has 0 aliphatic carbocycles. The molecule has 0 aromatic heterocycles. The van der Waals surface area contributed by atoms with Gasteiger partial charge in [0.15, 0.2) is 11.5 Å². The molecule has 0 atom stereocenters. The third-order valence-electron chi connectivity index (χ3n) is 4.51. The van der Waals surface area contributed by atoms with Crippen molar-refractivity contribution < 1.29 is 19.1 Å². The summed E-state index contributed by atoms with van der Waals surface area (Å²) in [7, 11) is 0. The van der Waals surface area contributed by atoms with Crippen LogP contribution in [0.1, 0.15) is 0 Å². The van der Waals surface area contributed by atoms with Crippen LogP contribution in [-0.4, -0.2) is 49.7 Å². The molecule has 2 aromatic carbocycles. The number of carbonyl (C=O) groups is 2. The molecule has 0 radical (unpaired) electrons. The molecule has 7 heteroatoms. The van der Waals surface area contributed by atoms with Gasteiger partial charge in [-0.25, -0.2) is 0 Å². The summed E-state index contributed by atoms with van der Waals surface area (Å²) in [6.07, 6.45) is 0. The first-order chi connectivity index (χ1) is 12.7. The lowest BCUT2D eigenvalue weighted by molar-refractivity contribution is -0.143. The summed E-state index contributed by atoms with van der Waals surface area (Å²) in [5.41, 5.74) is 1.64. The van der Waals surface area contributed by atoms with Crippen molar-refractivity contribution in [1.29, 1.82) is 0 Å². The van der Waals surface area contributed by atoms with E-state index >= 15 is 0 Å². The molecule has 26 heavy (non-hydrogen) atoms. The molecule has 7 nitrogen and oxygen atoms in total. The van der Waals surface area contributed by atoms with Crippen molar-refractivity contribution in [2.75, 3.05) is 43.2 Å². The Morgan fingerprint density at radius 2 is 1.62 bits per heavy atom. The number of amides is 2. The van der Waals surface area contributed by atoms with Gasteiger partial charge in [0.05, 0.1) is 0 Å². The van der Waals surface area contributed by atoms with Gasteiger partial charge in [-0.15, -0.1) is 0 Å². The highest BCUT2D eigenvalue weighted by Gasteiger charge is 2.26. The SMILES string of the molecule is O=C(Nc1ccc2c(c1)OCO2)C(=O)N1CCN(c2ccccc2)CC1. The van der Waals surface area contributed by atoms with Crippen LogP contribution in [0, 0.1) is 0 Å². The number of rotatable bonds is 2. The van der Waals surface area contributed by atoms with Crippen molar-refractivity contribution in [2.45, 2.75) is 0 Å². The van der Waals surface area contributed by atoms with Crippen LogP contribution in [0.15, 0.2) is 48.5 Å². The van der Waals surface area contributed by atoms with E-state index in [4.69, 9.17) is 9.47 Å². The Labute approximate surface area is 151 Å². The highest BCUT2D eigenvalue weighted by Crippen LogP contribution is 2.34. The van der Waals surface area contributed by atoms with E-state index in [9.17, 15) is 9.59 Å². The Balaban J connectivity index is 1.34. The number of ether oxygens (including phenoxy) is 2. The number of anilines is 2. The molecule has 4 rings (SSSR count). The van der Waals surface area contributed by atoms with E-state index in [0.29, 0.717) is 43.4 Å². The molecule has 2 amide bonds. The maximum absolute atomic E-state index is 12.4. The van der Waals surface area contributed by atoms with Crippen LogP contribution in [0.25, 0.3) is 0 Å². The van der Waals surface area contributed by atoms with Gasteiger partial charge < -0.3 is 24.6 Å². The summed E-state index contributed by atoms with van der Waals surface area (Å²) in [6.45, 7) is 2.60. The Bertz CT molecular complexity index is 817. The number of piperazine rings is 1. The van der Waals surface area contributed by atoms with Gasteiger partial charge in [-0.3, -0.25) is 9.59 Å². The van der Waals surface area contributed by atoms with Gasteiger partial charge in [0.2, 0.25) is 6.79 Å². The standard InChI is InChI=1S/C19H19N3O4/c23-18(20-14-6-7-16-17(12-14)26-13-25-16)19(24)22-10-8-21(9-11-22)15-4-2-1-3-5-15/h1-7,12H,8-11,13H2,(H,20,23). The van der Waals surface area contributed by atoms with E-state index < -0.39 is 11.8 Å². The molecule has 2 heterocycles. The Morgan fingerprint density at radius 3 is 2.38 bits per heavy atom. The molecule has 1 N–H and O–H groups in total. The van der Waals surface area contributed by atoms with Gasteiger partial charge >= 0.3 is 11.8 Å². The molecule has 0 spiro atoms. The van der Waals surface area contributed by atoms with Gasteiger partial charge in [0, 0.05) is 43.6 Å². The van der Waals surface area contributed by atoms with Crippen molar-refractivity contribution in [2.24, 2.45) is 0 Å². The second-order valence-corrected chi connectivity index (χ2v) is 6.14. The van der Waals surface area contributed by atoms with Gasteiger partial charge in [-0.2, -0.15) is 0 Å². The highest BCUT2D eigenvalue weighted by atomic mass is 16.7. The van der Waals surface area contributed by atoms with Crippen molar-refractivity contribution >= 4 is 23.2 Å². The highest BCUT2D eigenvalue weighted by molar-refractivity contribution is 6.39. The minimum atomic E-state index is -0.642. The third kappa shape index (κ3) is 3.28. The van der Waals surface area contributed by atoms with Crippen LogP contribution in [0.2, 0.25) is 0 Å². The zero-order valence-electron chi connectivity index (χ0n) is 14.2. The van der Waals surface area contributed by atoms with Crippen LogP contribution in [0.4, 0.5) is 11.4 Å². The first kappa shape index (κ1) is 16.3. The minimum absolute atomic E-state index is 0.164. The fraction of sp³-hybridized carbons (Fsp3) is 0.263. The fourth-order valence-electron chi connectivity index (χ4n) is 3.11. The number of hydrogen-bond donors (Lipinski definition) is 1. The van der Waals surface area contributed by atoms with Crippen LogP contribution >= 0.6 is 0 Å². The normalized spacial score (nSPS) is 15.7. The quantitative estimate of drug-likeness (QED) is 0.832. The first-order valence-electron chi connectivity index (χ1n) is 8.50. The Kier molecular flexibility index (Phi) is 4.35. The average molecular weight is 353 g/mol. The van der Waals surface area contributed by atoms with E-state index in [0.717, 1.165) is 5.69 Å². The number of para-hydroxylation sites is 1.